The minimum Gasteiger partial charge on any atom is -0.462 e. The molecule has 0 amide bonds. The van der Waals surface area contributed by atoms with E-state index in [0.29, 0.717) is 70.9 Å². The normalized spacial score (nSPS) is 21.6. The summed E-state index contributed by atoms with van der Waals surface area (Å²) in [6.07, 6.45) is 3.59. The Morgan fingerprint density at radius 3 is 2.95 bits per heavy atom. The number of ether oxygens (including phenoxy) is 4. The highest BCUT2D eigenvalue weighted by Crippen LogP contribution is 2.40. The van der Waals surface area contributed by atoms with E-state index in [4.69, 9.17) is 35.5 Å². The lowest BCUT2D eigenvalue weighted by molar-refractivity contribution is -0.00448. The lowest BCUT2D eigenvalue weighted by atomic mass is 9.95. The summed E-state index contributed by atoms with van der Waals surface area (Å²) in [6, 6.07) is 2.03. The predicted octanol–water partition coefficient (Wildman–Crippen LogP) is 3.75. The van der Waals surface area contributed by atoms with Crippen LogP contribution in [0.25, 0.3) is 33.1 Å². The predicted molar refractivity (Wildman–Crippen MR) is 151 cm³/mol. The number of fused-ring (bicyclic) bond motifs is 7. The number of anilines is 1. The summed E-state index contributed by atoms with van der Waals surface area (Å²) in [5.74, 6) is -0.209. The molecule has 2 fully saturated rings. The van der Waals surface area contributed by atoms with Gasteiger partial charge in [0.2, 0.25) is 0 Å². The molecule has 0 unspecified atom stereocenters. The van der Waals surface area contributed by atoms with E-state index in [-0.39, 0.29) is 43.0 Å². The van der Waals surface area contributed by atoms with Crippen LogP contribution in [0.3, 0.4) is 0 Å². The number of likely N-dealkylation sites (N-methyl/N-ethyl adjacent to an activating group) is 1. The van der Waals surface area contributed by atoms with Gasteiger partial charge in [0.25, 0.3) is 0 Å². The topological polar surface area (TPSA) is 128 Å². The summed E-state index contributed by atoms with van der Waals surface area (Å²) in [4.78, 5) is 30.5. The Balaban J connectivity index is 1.43. The average Bonchev–Trinajstić information content (AvgIpc) is 3.31. The number of rotatable bonds is 3. The van der Waals surface area contributed by atoms with Gasteiger partial charge in [-0.25, -0.2) is 9.18 Å². The third-order valence-corrected chi connectivity index (χ3v) is 8.45. The average molecular weight is 598 g/mol. The van der Waals surface area contributed by atoms with Crippen molar-refractivity contribution in [3.8, 4) is 17.3 Å². The van der Waals surface area contributed by atoms with E-state index in [0.717, 1.165) is 13.0 Å². The highest BCUT2D eigenvalue weighted by atomic mass is 35.5. The number of carbonyl (C=O) groups excluding carboxylic acids is 1. The van der Waals surface area contributed by atoms with Crippen LogP contribution in [0, 0.1) is 5.82 Å². The molecule has 14 heteroatoms. The molecule has 1 N–H and O–H groups in total. The molecule has 4 aromatic rings. The maximum Gasteiger partial charge on any atom is 0.508 e. The van der Waals surface area contributed by atoms with Gasteiger partial charge in [-0.05, 0) is 44.5 Å². The Bertz CT molecular complexity index is 1670. The SMILES string of the molecule is CN1CC[C@H]1COc1nc2c3cnc(c(F)c3n1)-c1c(c(Cl)cc3[nH]ncc13)CCCOC(=O)O[C@@H]1COCCN2C1. The number of halogens is 2. The van der Waals surface area contributed by atoms with Gasteiger partial charge in [0, 0.05) is 34.8 Å². The van der Waals surface area contributed by atoms with Crippen LogP contribution in [-0.2, 0) is 20.6 Å². The van der Waals surface area contributed by atoms with E-state index in [1.807, 2.05) is 11.9 Å². The van der Waals surface area contributed by atoms with Crippen LogP contribution < -0.4 is 9.64 Å². The van der Waals surface area contributed by atoms with E-state index >= 15 is 4.39 Å². The zero-order chi connectivity index (χ0) is 28.8. The zero-order valence-corrected chi connectivity index (χ0v) is 23.7. The highest BCUT2D eigenvalue weighted by Gasteiger charge is 2.30. The number of hydrogen-bond donors (Lipinski definition) is 1. The van der Waals surface area contributed by atoms with Crippen LogP contribution in [0.5, 0.6) is 6.01 Å². The molecule has 12 nitrogen and oxygen atoms in total. The first-order valence-electron chi connectivity index (χ1n) is 14.0. The molecule has 0 aliphatic carbocycles. The standard InChI is InChI=1S/C28H29ClFN7O5/c1-36-5-4-15(36)13-41-27-33-24-19-10-31-25(23(24)30)22-17(20(29)9-21-18(22)11-32-35-21)3-2-7-40-28(38)42-16-12-37(26(19)34-27)6-8-39-14-16/h9-11,15-16H,2-8,12-14H2,1H3,(H,32,35)/t15-,16-/m0/s1. The number of pyridine rings is 1. The number of aromatic nitrogens is 5. The fourth-order valence-corrected chi connectivity index (χ4v) is 5.98. The molecule has 0 radical (unpaired) electrons. The number of hydrogen-bond acceptors (Lipinski definition) is 11. The molecular weight excluding hydrogens is 569 g/mol. The summed E-state index contributed by atoms with van der Waals surface area (Å²) in [5.41, 5.74) is 1.96. The Labute approximate surface area is 245 Å². The summed E-state index contributed by atoms with van der Waals surface area (Å²) in [7, 11) is 2.03. The molecule has 4 aliphatic rings. The number of benzene rings is 1. The first-order valence-corrected chi connectivity index (χ1v) is 14.3. The van der Waals surface area contributed by atoms with Crippen LogP contribution in [0.2, 0.25) is 5.02 Å². The van der Waals surface area contributed by atoms with E-state index in [2.05, 4.69) is 25.1 Å². The number of H-pyrrole nitrogens is 1. The molecule has 6 bridgehead atoms. The number of nitrogens with zero attached hydrogens (tertiary/aromatic N) is 6. The lowest BCUT2D eigenvalue weighted by Crippen LogP contribution is -2.48. The van der Waals surface area contributed by atoms with Gasteiger partial charge < -0.3 is 23.8 Å². The Morgan fingerprint density at radius 1 is 1.21 bits per heavy atom. The van der Waals surface area contributed by atoms with Crippen molar-refractivity contribution in [1.82, 2.24) is 30.0 Å². The van der Waals surface area contributed by atoms with Crippen LogP contribution in [-0.4, -0.2) is 101 Å². The minimum atomic E-state index is -0.785. The highest BCUT2D eigenvalue weighted by molar-refractivity contribution is 6.33. The van der Waals surface area contributed by atoms with Gasteiger partial charge in [-0.1, -0.05) is 11.6 Å². The lowest BCUT2D eigenvalue weighted by Gasteiger charge is -2.37. The van der Waals surface area contributed by atoms with Crippen molar-refractivity contribution in [2.45, 2.75) is 31.4 Å². The second kappa shape index (κ2) is 11.1. The molecule has 0 saturated carbocycles. The van der Waals surface area contributed by atoms with Crippen molar-refractivity contribution in [3.05, 3.63) is 34.9 Å². The van der Waals surface area contributed by atoms with E-state index in [1.54, 1.807) is 18.5 Å². The van der Waals surface area contributed by atoms with Crippen molar-refractivity contribution in [3.63, 3.8) is 0 Å². The monoisotopic (exact) mass is 597 g/mol. The van der Waals surface area contributed by atoms with Gasteiger partial charge in [0.15, 0.2) is 5.82 Å². The van der Waals surface area contributed by atoms with Crippen molar-refractivity contribution >= 4 is 45.4 Å². The van der Waals surface area contributed by atoms with Crippen LogP contribution in [0.15, 0.2) is 18.5 Å². The van der Waals surface area contributed by atoms with Crippen molar-refractivity contribution in [1.29, 1.82) is 0 Å². The molecule has 2 atom stereocenters. The molecule has 1 aromatic carbocycles. The molecule has 4 aliphatic heterocycles. The molecule has 3 aromatic heterocycles. The number of likely N-dealkylation sites (tertiary alicyclic amines) is 1. The van der Waals surface area contributed by atoms with Crippen molar-refractivity contribution in [2.75, 3.05) is 58.0 Å². The largest absolute Gasteiger partial charge is 0.508 e. The molecule has 8 rings (SSSR count). The zero-order valence-electron chi connectivity index (χ0n) is 22.9. The Morgan fingerprint density at radius 2 is 2.12 bits per heavy atom. The third kappa shape index (κ3) is 4.95. The second-order valence-corrected chi connectivity index (χ2v) is 11.2. The molecule has 0 spiro atoms. The molecular formula is C28H29ClFN7O5. The van der Waals surface area contributed by atoms with Gasteiger partial charge in [0.05, 0.1) is 43.5 Å². The molecule has 220 valence electrons. The number of carbonyl (C=O) groups is 1. The Kier molecular flexibility index (Phi) is 7.16. The van der Waals surface area contributed by atoms with Crippen LogP contribution >= 0.6 is 11.6 Å². The van der Waals surface area contributed by atoms with Crippen molar-refractivity contribution in [2.24, 2.45) is 0 Å². The van der Waals surface area contributed by atoms with Gasteiger partial charge >= 0.3 is 12.2 Å². The second-order valence-electron chi connectivity index (χ2n) is 10.8. The van der Waals surface area contributed by atoms with Crippen LogP contribution in [0.1, 0.15) is 18.4 Å². The quantitative estimate of drug-likeness (QED) is 0.347. The molecule has 42 heavy (non-hydrogen) atoms. The first-order chi connectivity index (χ1) is 20.5. The smallest absolute Gasteiger partial charge is 0.462 e. The number of nitrogens with one attached hydrogen (secondary N) is 1. The summed E-state index contributed by atoms with van der Waals surface area (Å²) in [6.45, 7) is 2.66. The van der Waals surface area contributed by atoms with Gasteiger partial charge in [-0.2, -0.15) is 15.1 Å². The summed E-state index contributed by atoms with van der Waals surface area (Å²) in [5, 5.41) is 8.54. The van der Waals surface area contributed by atoms with Gasteiger partial charge in [0.1, 0.15) is 29.7 Å². The van der Waals surface area contributed by atoms with Gasteiger partial charge in [-0.15, -0.1) is 0 Å². The van der Waals surface area contributed by atoms with E-state index < -0.39 is 18.1 Å². The number of aromatic amines is 1. The maximum absolute atomic E-state index is 16.7. The molecule has 7 heterocycles. The fourth-order valence-electron chi connectivity index (χ4n) is 5.69. The maximum atomic E-state index is 16.7. The minimum absolute atomic E-state index is 0.0526. The van der Waals surface area contributed by atoms with E-state index in [1.165, 1.54) is 0 Å². The van der Waals surface area contributed by atoms with Gasteiger partial charge in [-0.3, -0.25) is 15.0 Å². The fraction of sp³-hybridized carbons (Fsp3) is 0.464. The first kappa shape index (κ1) is 27.0. The third-order valence-electron chi connectivity index (χ3n) is 8.11. The summed E-state index contributed by atoms with van der Waals surface area (Å²) >= 11 is 6.72. The molecule has 2 saturated heterocycles. The van der Waals surface area contributed by atoms with Crippen LogP contribution in [0.4, 0.5) is 15.0 Å². The summed E-state index contributed by atoms with van der Waals surface area (Å²) < 4.78 is 39.5. The van der Waals surface area contributed by atoms with Crippen molar-refractivity contribution < 1.29 is 28.1 Å². The van der Waals surface area contributed by atoms with E-state index in [9.17, 15) is 4.79 Å². The Hall–Kier alpha value is -3.81.